The molecule has 13 heteroatoms. The van der Waals surface area contributed by atoms with Crippen LogP contribution < -0.4 is 10.6 Å². The van der Waals surface area contributed by atoms with Gasteiger partial charge < -0.3 is 15.2 Å². The first-order valence-electron chi connectivity index (χ1n) is 10.3. The van der Waals surface area contributed by atoms with Crippen molar-refractivity contribution in [2.24, 2.45) is 0 Å². The van der Waals surface area contributed by atoms with Gasteiger partial charge in [0, 0.05) is 11.7 Å². The molecule has 1 aromatic carbocycles. The average Bonchev–Trinajstić information content (AvgIpc) is 3.17. The van der Waals surface area contributed by atoms with E-state index in [9.17, 15) is 31.1 Å². The van der Waals surface area contributed by atoms with Crippen LogP contribution in [0.4, 0.5) is 32.0 Å². The maximum atomic E-state index is 13.0. The van der Waals surface area contributed by atoms with E-state index in [0.29, 0.717) is 11.0 Å². The minimum atomic E-state index is -4.50. The van der Waals surface area contributed by atoms with Crippen LogP contribution >= 0.6 is 11.8 Å². The fourth-order valence-corrected chi connectivity index (χ4v) is 4.45. The van der Waals surface area contributed by atoms with Gasteiger partial charge in [-0.25, -0.2) is 0 Å². The summed E-state index contributed by atoms with van der Waals surface area (Å²) in [6.07, 6.45) is -4.20. The molecule has 1 heterocycles. The first kappa shape index (κ1) is 25.2. The molecule has 0 bridgehead atoms. The molecule has 0 saturated heterocycles. The molecule has 2 N–H and O–H groups in total. The van der Waals surface area contributed by atoms with Gasteiger partial charge >= 0.3 is 12.4 Å². The molecule has 33 heavy (non-hydrogen) atoms. The highest BCUT2D eigenvalue weighted by Crippen LogP contribution is 2.33. The molecule has 1 amide bonds. The van der Waals surface area contributed by atoms with Crippen LogP contribution in [0.25, 0.3) is 0 Å². The van der Waals surface area contributed by atoms with E-state index in [4.69, 9.17) is 0 Å². The summed E-state index contributed by atoms with van der Waals surface area (Å²) in [6, 6.07) is 4.85. The summed E-state index contributed by atoms with van der Waals surface area (Å²) in [5.74, 6) is -0.557. The Balaban J connectivity index is 1.71. The molecule has 0 spiro atoms. The van der Waals surface area contributed by atoms with Gasteiger partial charge in [-0.05, 0) is 31.0 Å². The first-order valence-corrected chi connectivity index (χ1v) is 11.3. The quantitative estimate of drug-likeness (QED) is 0.390. The van der Waals surface area contributed by atoms with E-state index < -0.39 is 30.4 Å². The predicted molar refractivity (Wildman–Crippen MR) is 111 cm³/mol. The van der Waals surface area contributed by atoms with Crippen LogP contribution in [0.5, 0.6) is 0 Å². The highest BCUT2D eigenvalue weighted by molar-refractivity contribution is 7.99. The Kier molecular flexibility index (Phi) is 8.14. The maximum absolute atomic E-state index is 13.0. The third kappa shape index (κ3) is 7.54. The highest BCUT2D eigenvalue weighted by atomic mass is 32.2. The topological polar surface area (TPSA) is 71.8 Å². The number of benzene rings is 1. The van der Waals surface area contributed by atoms with Crippen LogP contribution in [-0.4, -0.2) is 39.1 Å². The highest BCUT2D eigenvalue weighted by Gasteiger charge is 2.31. The van der Waals surface area contributed by atoms with Gasteiger partial charge in [-0.2, -0.15) is 26.3 Å². The molecule has 3 rings (SSSR count). The number of nitrogens with zero attached hydrogens (tertiary/aromatic N) is 3. The van der Waals surface area contributed by atoms with Gasteiger partial charge in [-0.3, -0.25) is 4.79 Å². The Morgan fingerprint density at radius 3 is 2.48 bits per heavy atom. The van der Waals surface area contributed by atoms with Crippen LogP contribution in [0.2, 0.25) is 0 Å². The van der Waals surface area contributed by atoms with Gasteiger partial charge in [0.15, 0.2) is 11.0 Å². The van der Waals surface area contributed by atoms with Crippen LogP contribution in [-0.2, 0) is 17.5 Å². The van der Waals surface area contributed by atoms with Crippen molar-refractivity contribution in [2.45, 2.75) is 62.2 Å². The Hall–Kier alpha value is -2.44. The average molecular weight is 495 g/mol. The monoisotopic (exact) mass is 495 g/mol. The summed E-state index contributed by atoms with van der Waals surface area (Å²) < 4.78 is 77.6. The fraction of sp³-hybridized carbons (Fsp3) is 0.550. The van der Waals surface area contributed by atoms with Crippen LogP contribution in [0, 0.1) is 0 Å². The summed E-state index contributed by atoms with van der Waals surface area (Å²) in [5.41, 5.74) is -0.508. The second-order valence-electron chi connectivity index (χ2n) is 7.67. The number of thioether (sulfide) groups is 1. The minimum absolute atomic E-state index is 0.0489. The molecular weight excluding hydrogens is 472 g/mol. The smallest absolute Gasteiger partial charge is 0.378 e. The van der Waals surface area contributed by atoms with Gasteiger partial charge in [-0.15, -0.1) is 10.2 Å². The van der Waals surface area contributed by atoms with E-state index in [1.54, 1.807) is 0 Å². The number of hydrogen-bond donors (Lipinski definition) is 2. The van der Waals surface area contributed by atoms with Crippen molar-refractivity contribution in [3.8, 4) is 0 Å². The van der Waals surface area contributed by atoms with E-state index in [1.165, 1.54) is 12.1 Å². The molecule has 0 unspecified atom stereocenters. The zero-order chi connectivity index (χ0) is 24.1. The van der Waals surface area contributed by atoms with Crippen LogP contribution in [0.15, 0.2) is 29.4 Å². The first-order chi connectivity index (χ1) is 15.5. The molecule has 1 aliphatic carbocycles. The van der Waals surface area contributed by atoms with Crippen molar-refractivity contribution in [1.82, 2.24) is 20.1 Å². The summed E-state index contributed by atoms with van der Waals surface area (Å²) >= 11 is 0.981. The van der Waals surface area contributed by atoms with Crippen molar-refractivity contribution in [3.05, 3.63) is 35.7 Å². The van der Waals surface area contributed by atoms with Gasteiger partial charge in [0.1, 0.15) is 6.54 Å². The Bertz CT molecular complexity index is 940. The predicted octanol–water partition coefficient (Wildman–Crippen LogP) is 5.18. The Labute approximate surface area is 190 Å². The number of carbonyl (C=O) groups excluding carboxylic acids is 1. The molecule has 2 aromatic rings. The molecular formula is C20H23F6N5OS. The fourth-order valence-electron chi connectivity index (χ4n) is 3.60. The number of nitrogens with one attached hydrogen (secondary N) is 2. The number of aromatic nitrogens is 3. The van der Waals surface area contributed by atoms with Crippen LogP contribution in [0.3, 0.4) is 0 Å². The lowest BCUT2D eigenvalue weighted by Gasteiger charge is -2.25. The number of anilines is 1. The van der Waals surface area contributed by atoms with Gasteiger partial charge in [0.05, 0.1) is 17.9 Å². The molecule has 182 valence electrons. The van der Waals surface area contributed by atoms with E-state index in [2.05, 4.69) is 15.5 Å². The standard InChI is InChI=1S/C20H23F6N5OS/c21-19(22,23)12-28-17(32)11-33-18-30-29-16(31(18)15-7-2-1-3-8-15)10-27-14-6-4-5-13(9-14)20(24,25)26/h4-6,9,15,27H,1-3,7-8,10-12H2,(H,28,32). The number of halogens is 6. The molecule has 0 atom stereocenters. The summed E-state index contributed by atoms with van der Waals surface area (Å²) in [7, 11) is 0. The van der Waals surface area contributed by atoms with Crippen molar-refractivity contribution in [2.75, 3.05) is 17.6 Å². The second kappa shape index (κ2) is 10.7. The molecule has 6 nitrogen and oxygen atoms in total. The summed E-state index contributed by atoms with van der Waals surface area (Å²) in [4.78, 5) is 11.8. The third-order valence-corrected chi connectivity index (χ3v) is 6.08. The van der Waals surface area contributed by atoms with Crippen LogP contribution in [0.1, 0.15) is 49.5 Å². The molecule has 0 aliphatic heterocycles. The zero-order valence-electron chi connectivity index (χ0n) is 17.5. The molecule has 1 saturated carbocycles. The van der Waals surface area contributed by atoms with E-state index in [1.807, 2.05) is 9.88 Å². The van der Waals surface area contributed by atoms with E-state index in [0.717, 1.165) is 56.0 Å². The zero-order valence-corrected chi connectivity index (χ0v) is 18.3. The molecule has 1 aromatic heterocycles. The lowest BCUT2D eigenvalue weighted by atomic mass is 9.95. The molecule has 1 aliphatic rings. The Morgan fingerprint density at radius 1 is 1.09 bits per heavy atom. The van der Waals surface area contributed by atoms with Crippen molar-refractivity contribution >= 4 is 23.4 Å². The Morgan fingerprint density at radius 2 is 1.82 bits per heavy atom. The second-order valence-corrected chi connectivity index (χ2v) is 8.62. The van der Waals surface area contributed by atoms with Gasteiger partial charge in [-0.1, -0.05) is 37.1 Å². The third-order valence-electron chi connectivity index (χ3n) is 5.13. The number of carbonyl (C=O) groups is 1. The summed E-state index contributed by atoms with van der Waals surface area (Å²) in [5, 5.41) is 13.4. The lowest BCUT2D eigenvalue weighted by molar-refractivity contribution is -0.137. The minimum Gasteiger partial charge on any atom is -0.378 e. The van der Waals surface area contributed by atoms with Crippen molar-refractivity contribution < 1.29 is 31.1 Å². The van der Waals surface area contributed by atoms with Gasteiger partial charge in [0.25, 0.3) is 0 Å². The number of amides is 1. The van der Waals surface area contributed by atoms with E-state index >= 15 is 0 Å². The van der Waals surface area contributed by atoms with E-state index in [-0.39, 0.29) is 24.0 Å². The molecule has 1 fully saturated rings. The lowest BCUT2D eigenvalue weighted by Crippen LogP contribution is -2.34. The van der Waals surface area contributed by atoms with Gasteiger partial charge in [0.2, 0.25) is 5.91 Å². The number of rotatable bonds is 8. The normalized spacial score (nSPS) is 15.5. The maximum Gasteiger partial charge on any atom is 0.416 e. The number of alkyl halides is 6. The summed E-state index contributed by atoms with van der Waals surface area (Å²) in [6.45, 7) is -1.31. The largest absolute Gasteiger partial charge is 0.416 e. The van der Waals surface area contributed by atoms with Crippen molar-refractivity contribution in [3.63, 3.8) is 0 Å². The SMILES string of the molecule is O=C(CSc1nnc(CNc2cccc(C(F)(F)F)c2)n1C1CCCCC1)NCC(F)(F)F. The number of hydrogen-bond acceptors (Lipinski definition) is 5. The molecule has 0 radical (unpaired) electrons. The van der Waals surface area contributed by atoms with Crippen molar-refractivity contribution in [1.29, 1.82) is 0 Å².